The Morgan fingerprint density at radius 3 is 2.41 bits per heavy atom. The number of primary amides is 1. The number of hydrogen-bond acceptors (Lipinski definition) is 6. The number of carbonyl (C=O) groups excluding carboxylic acids is 2. The number of hydrogen-bond donors (Lipinski definition) is 2. The van der Waals surface area contributed by atoms with Crippen LogP contribution < -0.4 is 11.1 Å². The number of nitrogens with zero attached hydrogens (tertiary/aromatic N) is 3. The van der Waals surface area contributed by atoms with Crippen LogP contribution in [0, 0.1) is 6.92 Å². The third kappa shape index (κ3) is 5.21. The van der Waals surface area contributed by atoms with Gasteiger partial charge in [-0.1, -0.05) is 30.3 Å². The van der Waals surface area contributed by atoms with Crippen molar-refractivity contribution >= 4 is 27.7 Å². The van der Waals surface area contributed by atoms with Crippen molar-refractivity contribution in [3.8, 4) is 11.1 Å². The van der Waals surface area contributed by atoms with Gasteiger partial charge in [0.05, 0.1) is 11.4 Å². The SMILES string of the molecule is Cc1ccc(NC2CCN(S(=O)(=O)c3ccc(-c4ccc5c(c4)C(=O)N(CC(N)=O)C5)cc3)CC2)nc1. The molecule has 0 radical (unpaired) electrons. The lowest BCUT2D eigenvalue weighted by atomic mass is 10.0. The minimum atomic E-state index is -3.61. The van der Waals surface area contributed by atoms with Gasteiger partial charge in [0.15, 0.2) is 0 Å². The molecule has 0 aliphatic carbocycles. The van der Waals surface area contributed by atoms with Gasteiger partial charge in [-0.25, -0.2) is 13.4 Å². The van der Waals surface area contributed by atoms with Crippen LogP contribution in [0.2, 0.25) is 0 Å². The lowest BCUT2D eigenvalue weighted by Gasteiger charge is -2.32. The summed E-state index contributed by atoms with van der Waals surface area (Å²) in [6.07, 6.45) is 3.20. The second-order valence-electron chi connectivity index (χ2n) is 9.57. The third-order valence-corrected chi connectivity index (χ3v) is 8.79. The molecular formula is C27H29N5O4S. The smallest absolute Gasteiger partial charge is 0.254 e. The van der Waals surface area contributed by atoms with E-state index in [1.165, 1.54) is 9.21 Å². The lowest BCUT2D eigenvalue weighted by molar-refractivity contribution is -0.118. The zero-order valence-corrected chi connectivity index (χ0v) is 21.4. The van der Waals surface area contributed by atoms with Crippen LogP contribution >= 0.6 is 0 Å². The lowest BCUT2D eigenvalue weighted by Crippen LogP contribution is -2.42. The van der Waals surface area contributed by atoms with Crippen molar-refractivity contribution in [3.05, 3.63) is 77.5 Å². The van der Waals surface area contributed by atoms with E-state index in [9.17, 15) is 18.0 Å². The Bertz CT molecular complexity index is 1430. The molecule has 2 amide bonds. The summed E-state index contributed by atoms with van der Waals surface area (Å²) in [7, 11) is -3.61. The van der Waals surface area contributed by atoms with E-state index < -0.39 is 15.9 Å². The summed E-state index contributed by atoms with van der Waals surface area (Å²) in [6, 6.07) is 16.4. The summed E-state index contributed by atoms with van der Waals surface area (Å²) in [6.45, 7) is 3.08. The summed E-state index contributed by atoms with van der Waals surface area (Å²) in [5.74, 6) is 0.0178. The van der Waals surface area contributed by atoms with Gasteiger partial charge in [0.2, 0.25) is 15.9 Å². The summed E-state index contributed by atoms with van der Waals surface area (Å²) >= 11 is 0. The van der Waals surface area contributed by atoms with E-state index in [1.54, 1.807) is 30.3 Å². The number of aryl methyl sites for hydroxylation is 1. The molecule has 3 heterocycles. The highest BCUT2D eigenvalue weighted by atomic mass is 32.2. The molecule has 2 aliphatic rings. The molecule has 37 heavy (non-hydrogen) atoms. The number of amides is 2. The fourth-order valence-corrected chi connectivity index (χ4v) is 6.30. The molecule has 0 atom stereocenters. The van der Waals surface area contributed by atoms with Crippen LogP contribution in [0.1, 0.15) is 34.3 Å². The maximum absolute atomic E-state index is 13.3. The molecule has 192 valence electrons. The van der Waals surface area contributed by atoms with Gasteiger partial charge in [0.25, 0.3) is 5.91 Å². The largest absolute Gasteiger partial charge is 0.368 e. The van der Waals surface area contributed by atoms with Gasteiger partial charge < -0.3 is 16.0 Å². The van der Waals surface area contributed by atoms with Crippen molar-refractivity contribution in [1.29, 1.82) is 0 Å². The van der Waals surface area contributed by atoms with Crippen molar-refractivity contribution in [2.45, 2.75) is 37.2 Å². The summed E-state index contributed by atoms with van der Waals surface area (Å²) in [5.41, 5.74) is 9.31. The topological polar surface area (TPSA) is 126 Å². The second kappa shape index (κ2) is 9.95. The number of piperidine rings is 1. The number of aromatic nitrogens is 1. The highest BCUT2D eigenvalue weighted by molar-refractivity contribution is 7.89. The zero-order valence-electron chi connectivity index (χ0n) is 20.6. The molecule has 5 rings (SSSR count). The molecule has 2 aromatic carbocycles. The number of benzene rings is 2. The first-order chi connectivity index (χ1) is 17.7. The summed E-state index contributed by atoms with van der Waals surface area (Å²) < 4.78 is 28.1. The monoisotopic (exact) mass is 519 g/mol. The number of carbonyl (C=O) groups is 2. The standard InChI is InChI=1S/C27H29N5O4S/c1-18-2-9-26(29-15-18)30-22-10-12-32(13-11-22)37(35,36)23-7-5-19(6-8-23)20-3-4-21-16-31(17-25(28)33)27(34)24(21)14-20/h2-9,14-15,22H,10-13,16-17H2,1H3,(H2,28,33)(H,29,30). The summed E-state index contributed by atoms with van der Waals surface area (Å²) in [4.78, 5) is 29.9. The molecule has 2 aliphatic heterocycles. The van der Waals surface area contributed by atoms with Crippen molar-refractivity contribution in [2.24, 2.45) is 5.73 Å². The maximum Gasteiger partial charge on any atom is 0.254 e. The average Bonchev–Trinajstić information content (AvgIpc) is 3.19. The molecule has 0 unspecified atom stereocenters. The Labute approximate surface area is 216 Å². The normalized spacial score (nSPS) is 16.6. The van der Waals surface area contributed by atoms with Gasteiger partial charge in [-0.05, 0) is 66.3 Å². The molecule has 9 nitrogen and oxygen atoms in total. The molecular weight excluding hydrogens is 490 g/mol. The highest BCUT2D eigenvalue weighted by Crippen LogP contribution is 2.30. The van der Waals surface area contributed by atoms with Gasteiger partial charge in [-0.2, -0.15) is 4.31 Å². The van der Waals surface area contributed by atoms with Crippen LogP contribution in [-0.2, 0) is 21.4 Å². The predicted molar refractivity (Wildman–Crippen MR) is 140 cm³/mol. The fraction of sp³-hybridized carbons (Fsp3) is 0.296. The van der Waals surface area contributed by atoms with Crippen molar-refractivity contribution < 1.29 is 18.0 Å². The van der Waals surface area contributed by atoms with E-state index in [-0.39, 0.29) is 23.4 Å². The number of nitrogens with two attached hydrogens (primary N) is 1. The van der Waals surface area contributed by atoms with E-state index in [0.717, 1.165) is 28.1 Å². The first-order valence-corrected chi connectivity index (χ1v) is 13.6. The quantitative estimate of drug-likeness (QED) is 0.494. The first kappa shape index (κ1) is 24.9. The Morgan fingerprint density at radius 2 is 1.76 bits per heavy atom. The molecule has 1 aromatic heterocycles. The molecule has 0 saturated carbocycles. The van der Waals surface area contributed by atoms with E-state index in [1.807, 2.05) is 37.4 Å². The van der Waals surface area contributed by atoms with Crippen LogP contribution in [0.4, 0.5) is 5.82 Å². The zero-order chi connectivity index (χ0) is 26.2. The average molecular weight is 520 g/mol. The number of sulfonamides is 1. The molecule has 1 saturated heterocycles. The van der Waals surface area contributed by atoms with E-state index >= 15 is 0 Å². The predicted octanol–water partition coefficient (Wildman–Crippen LogP) is 2.76. The van der Waals surface area contributed by atoms with Crippen molar-refractivity contribution in [1.82, 2.24) is 14.2 Å². The van der Waals surface area contributed by atoms with Gasteiger partial charge in [-0.15, -0.1) is 0 Å². The molecule has 10 heteroatoms. The van der Waals surface area contributed by atoms with Crippen LogP contribution in [0.15, 0.2) is 65.7 Å². The van der Waals surface area contributed by atoms with Gasteiger partial charge in [0, 0.05) is 37.4 Å². The van der Waals surface area contributed by atoms with Crippen LogP contribution in [-0.4, -0.2) is 60.1 Å². The molecule has 3 aromatic rings. The number of pyridine rings is 1. The Hall–Kier alpha value is -3.76. The van der Waals surface area contributed by atoms with E-state index in [0.29, 0.717) is 38.0 Å². The van der Waals surface area contributed by atoms with Crippen LogP contribution in [0.25, 0.3) is 11.1 Å². The number of rotatable bonds is 7. The van der Waals surface area contributed by atoms with Crippen LogP contribution in [0.5, 0.6) is 0 Å². The molecule has 0 spiro atoms. The second-order valence-corrected chi connectivity index (χ2v) is 11.5. The van der Waals surface area contributed by atoms with Gasteiger partial charge >= 0.3 is 0 Å². The van der Waals surface area contributed by atoms with E-state index in [4.69, 9.17) is 5.73 Å². The Kier molecular flexibility index (Phi) is 6.70. The van der Waals surface area contributed by atoms with Crippen molar-refractivity contribution in [3.63, 3.8) is 0 Å². The highest BCUT2D eigenvalue weighted by Gasteiger charge is 2.30. The first-order valence-electron chi connectivity index (χ1n) is 12.2. The third-order valence-electron chi connectivity index (χ3n) is 6.88. The molecule has 0 bridgehead atoms. The maximum atomic E-state index is 13.3. The van der Waals surface area contributed by atoms with Crippen molar-refractivity contribution in [2.75, 3.05) is 25.0 Å². The van der Waals surface area contributed by atoms with Gasteiger partial charge in [-0.3, -0.25) is 9.59 Å². The Balaban J connectivity index is 1.24. The Morgan fingerprint density at radius 1 is 1.05 bits per heavy atom. The number of fused-ring (bicyclic) bond motifs is 1. The van der Waals surface area contributed by atoms with Crippen LogP contribution in [0.3, 0.4) is 0 Å². The van der Waals surface area contributed by atoms with E-state index in [2.05, 4.69) is 10.3 Å². The minimum Gasteiger partial charge on any atom is -0.368 e. The fourth-order valence-electron chi connectivity index (χ4n) is 4.83. The minimum absolute atomic E-state index is 0.119. The summed E-state index contributed by atoms with van der Waals surface area (Å²) in [5, 5.41) is 3.40. The number of anilines is 1. The van der Waals surface area contributed by atoms with Gasteiger partial charge in [0.1, 0.15) is 5.82 Å². The molecule has 1 fully saturated rings. The number of nitrogens with one attached hydrogen (secondary N) is 1. The molecule has 3 N–H and O–H groups in total.